The number of rotatable bonds is 9. The van der Waals surface area contributed by atoms with Crippen LogP contribution in [0.1, 0.15) is 44.7 Å². The number of nitrogens with zero attached hydrogens (tertiary/aromatic N) is 2. The molecular weight excluding hydrogens is 501 g/mol. The van der Waals surface area contributed by atoms with E-state index in [1.807, 2.05) is 32.1 Å². The molecule has 0 spiro atoms. The second-order valence-corrected chi connectivity index (χ2v) is 9.28. The number of ether oxygens (including phenoxy) is 1. The standard InChI is InChI=1S/C15H17N2S.C14H18F2O.K/c1-5-13-9-12(7-8-15(13)17-4)10-14(11-16-3)18-6-2;1-3-11-6-7-12(17-9-10-4-5-10)8-13(11)14(2,15)16;/h5-10H,2H2,1,3-4H3;6-8,10H,3-5,9H2,1-2H3;/q-1;;+1/b13-5-,14-10-,17-15?;;. The SMILES string of the molecule is C=CS/C([C-]=NC)=C\C1=CC(=C/C)/C(=NC)C=C1.CCc1ccc(OCC2CC2)cc1C(C)(F)F.[K+]. The molecule has 2 aliphatic rings. The molecule has 1 saturated carbocycles. The maximum atomic E-state index is 13.4. The van der Waals surface area contributed by atoms with E-state index in [0.717, 1.165) is 28.7 Å². The quantitative estimate of drug-likeness (QED) is 0.253. The first kappa shape index (κ1) is 32.9. The third kappa shape index (κ3) is 11.1. The maximum Gasteiger partial charge on any atom is 1.00 e. The van der Waals surface area contributed by atoms with Crippen molar-refractivity contribution in [3.8, 4) is 5.75 Å². The van der Waals surface area contributed by atoms with E-state index in [4.69, 9.17) is 4.74 Å². The summed E-state index contributed by atoms with van der Waals surface area (Å²) in [6, 6.07) is 5.02. The molecule has 0 bridgehead atoms. The molecule has 0 aliphatic heterocycles. The smallest absolute Gasteiger partial charge is 0.493 e. The largest absolute Gasteiger partial charge is 1.00 e. The minimum atomic E-state index is -2.80. The first-order valence-corrected chi connectivity index (χ1v) is 12.6. The number of aryl methyl sites for hydroxylation is 1. The van der Waals surface area contributed by atoms with Crippen LogP contribution in [0.2, 0.25) is 0 Å². The minimum absolute atomic E-state index is 0. The van der Waals surface area contributed by atoms with Crippen molar-refractivity contribution in [3.05, 3.63) is 87.7 Å². The Hall–Kier alpha value is -1.09. The summed E-state index contributed by atoms with van der Waals surface area (Å²) >= 11 is 1.51. The Morgan fingerprint density at radius 2 is 2.00 bits per heavy atom. The van der Waals surface area contributed by atoms with E-state index in [9.17, 15) is 8.78 Å². The summed E-state index contributed by atoms with van der Waals surface area (Å²) in [5.74, 6) is -1.61. The van der Waals surface area contributed by atoms with Gasteiger partial charge in [-0.15, -0.1) is 28.5 Å². The van der Waals surface area contributed by atoms with Crippen LogP contribution >= 0.6 is 11.8 Å². The molecule has 3 rings (SSSR count). The number of benzene rings is 1. The fourth-order valence-electron chi connectivity index (χ4n) is 3.40. The van der Waals surface area contributed by atoms with Crippen LogP contribution in [0.3, 0.4) is 0 Å². The summed E-state index contributed by atoms with van der Waals surface area (Å²) in [6.45, 7) is 9.19. The Morgan fingerprint density at radius 3 is 2.53 bits per heavy atom. The van der Waals surface area contributed by atoms with Crippen molar-refractivity contribution in [3.63, 3.8) is 0 Å². The molecule has 1 fully saturated rings. The number of thioether (sulfide) groups is 1. The Labute approximate surface area is 262 Å². The number of aliphatic imine (C=N–C) groups is 2. The topological polar surface area (TPSA) is 34.0 Å². The van der Waals surface area contributed by atoms with Crippen LogP contribution in [0, 0.1) is 5.92 Å². The van der Waals surface area contributed by atoms with Crippen molar-refractivity contribution in [2.45, 2.75) is 46.0 Å². The van der Waals surface area contributed by atoms with E-state index in [1.54, 1.807) is 31.6 Å². The van der Waals surface area contributed by atoms with E-state index in [2.05, 4.69) is 34.9 Å². The molecule has 0 aromatic heterocycles. The Morgan fingerprint density at radius 1 is 1.28 bits per heavy atom. The zero-order valence-corrected chi connectivity index (χ0v) is 26.2. The van der Waals surface area contributed by atoms with E-state index < -0.39 is 5.92 Å². The average molecular weight is 537 g/mol. The van der Waals surface area contributed by atoms with E-state index in [0.29, 0.717) is 30.3 Å². The molecule has 0 amide bonds. The van der Waals surface area contributed by atoms with Gasteiger partial charge in [-0.25, -0.2) is 8.78 Å². The van der Waals surface area contributed by atoms with Gasteiger partial charge in [0.2, 0.25) is 0 Å². The predicted octanol–water partition coefficient (Wildman–Crippen LogP) is 4.99. The number of halogens is 2. The van der Waals surface area contributed by atoms with E-state index in [1.165, 1.54) is 30.7 Å². The molecule has 2 aliphatic carbocycles. The van der Waals surface area contributed by atoms with Crippen molar-refractivity contribution in [2.24, 2.45) is 15.9 Å². The van der Waals surface area contributed by atoms with Crippen LogP contribution in [0.5, 0.6) is 5.75 Å². The molecule has 36 heavy (non-hydrogen) atoms. The van der Waals surface area contributed by atoms with Crippen molar-refractivity contribution in [1.29, 1.82) is 0 Å². The van der Waals surface area contributed by atoms with Crippen molar-refractivity contribution in [1.82, 2.24) is 0 Å². The maximum absolute atomic E-state index is 13.4. The second-order valence-electron chi connectivity index (χ2n) is 8.27. The van der Waals surface area contributed by atoms with Crippen LogP contribution in [-0.4, -0.2) is 32.6 Å². The van der Waals surface area contributed by atoms with Crippen LogP contribution in [-0.2, 0) is 12.3 Å². The molecule has 0 atom stereocenters. The Kier molecular flexibility index (Phi) is 15.3. The fourth-order valence-corrected chi connectivity index (χ4v) is 3.93. The third-order valence-corrected chi connectivity index (χ3v) is 6.08. The summed E-state index contributed by atoms with van der Waals surface area (Å²) in [4.78, 5) is 9.08. The first-order chi connectivity index (χ1) is 16.7. The molecule has 1 aromatic rings. The number of alkyl halides is 2. The van der Waals surface area contributed by atoms with Gasteiger partial charge in [-0.1, -0.05) is 37.8 Å². The summed E-state index contributed by atoms with van der Waals surface area (Å²) in [7, 11) is 3.51. The first-order valence-electron chi connectivity index (χ1n) is 11.8. The fraction of sp³-hybridized carbons (Fsp3) is 0.379. The van der Waals surface area contributed by atoms with Gasteiger partial charge in [0.05, 0.1) is 12.3 Å². The summed E-state index contributed by atoms with van der Waals surface area (Å²) < 4.78 is 32.4. The zero-order valence-electron chi connectivity index (χ0n) is 22.3. The monoisotopic (exact) mass is 536 g/mol. The molecule has 188 valence electrons. The molecule has 0 N–H and O–H groups in total. The van der Waals surface area contributed by atoms with Crippen molar-refractivity contribution >= 4 is 23.7 Å². The van der Waals surface area contributed by atoms with Crippen LogP contribution in [0.15, 0.2) is 86.6 Å². The summed E-state index contributed by atoms with van der Waals surface area (Å²) in [5.41, 5.74) is 4.02. The van der Waals surface area contributed by atoms with Crippen LogP contribution < -0.4 is 56.1 Å². The van der Waals surface area contributed by atoms with Gasteiger partial charge in [-0.2, -0.15) is 6.08 Å². The molecule has 0 heterocycles. The summed E-state index contributed by atoms with van der Waals surface area (Å²) in [5, 5.41) is 1.77. The van der Waals surface area contributed by atoms with Gasteiger partial charge < -0.3 is 9.73 Å². The Balaban J connectivity index is 0.000000351. The van der Waals surface area contributed by atoms with E-state index >= 15 is 0 Å². The van der Waals surface area contributed by atoms with Crippen molar-refractivity contribution in [2.75, 3.05) is 20.7 Å². The predicted molar refractivity (Wildman–Crippen MR) is 147 cm³/mol. The normalized spacial score (nSPS) is 18.0. The number of hydrogen-bond acceptors (Lipinski definition) is 4. The van der Waals surface area contributed by atoms with Gasteiger partial charge in [-0.3, -0.25) is 4.99 Å². The zero-order chi connectivity index (χ0) is 25.8. The van der Waals surface area contributed by atoms with Gasteiger partial charge in [-0.05, 0) is 66.9 Å². The Bertz CT molecular complexity index is 1060. The molecule has 7 heteroatoms. The van der Waals surface area contributed by atoms with Gasteiger partial charge in [0.1, 0.15) is 5.75 Å². The third-order valence-electron chi connectivity index (χ3n) is 5.45. The molecule has 3 nitrogen and oxygen atoms in total. The van der Waals surface area contributed by atoms with Gasteiger partial charge in [0.15, 0.2) is 0 Å². The van der Waals surface area contributed by atoms with Gasteiger partial charge in [0.25, 0.3) is 5.92 Å². The summed E-state index contributed by atoms with van der Waals surface area (Å²) in [6.07, 6.45) is 16.2. The van der Waals surface area contributed by atoms with E-state index in [-0.39, 0.29) is 56.9 Å². The number of allylic oxidation sites excluding steroid dienone is 8. The molecule has 1 aromatic carbocycles. The molecule has 0 saturated heterocycles. The average Bonchev–Trinajstić information content (AvgIpc) is 3.67. The molecular formula is C29H35F2KN2OS. The van der Waals surface area contributed by atoms with Gasteiger partial charge in [0, 0.05) is 26.6 Å². The molecule has 0 radical (unpaired) electrons. The van der Waals surface area contributed by atoms with Crippen molar-refractivity contribution < 1.29 is 64.9 Å². The van der Waals surface area contributed by atoms with Gasteiger partial charge >= 0.3 is 51.4 Å². The molecule has 0 unspecified atom stereocenters. The second kappa shape index (κ2) is 16.7. The minimum Gasteiger partial charge on any atom is -0.493 e. The van der Waals surface area contributed by atoms with Crippen LogP contribution in [0.4, 0.5) is 8.78 Å². The van der Waals surface area contributed by atoms with Crippen LogP contribution in [0.25, 0.3) is 0 Å². The number of hydrogen-bond donors (Lipinski definition) is 0.